The van der Waals surface area contributed by atoms with E-state index in [0.717, 1.165) is 25.7 Å². The maximum absolute atomic E-state index is 8.60. The first-order valence-electron chi connectivity index (χ1n) is 4.41. The van der Waals surface area contributed by atoms with Gasteiger partial charge in [-0.25, -0.2) is 9.67 Å². The highest BCUT2D eigenvalue weighted by atomic mass is 16.4. The van der Waals surface area contributed by atoms with Crippen molar-refractivity contribution in [3.63, 3.8) is 0 Å². The molecule has 0 spiro atoms. The van der Waals surface area contributed by atoms with Gasteiger partial charge in [-0.1, -0.05) is 18.0 Å². The third-order valence-corrected chi connectivity index (χ3v) is 2.64. The van der Waals surface area contributed by atoms with Crippen LogP contribution < -0.4 is 0 Å². The topological polar surface area (TPSA) is 63.3 Å². The summed E-state index contributed by atoms with van der Waals surface area (Å²) in [6.07, 6.45) is 8.98. The first-order valence-corrected chi connectivity index (χ1v) is 4.41. The van der Waals surface area contributed by atoms with Gasteiger partial charge in [-0.2, -0.15) is 5.10 Å². The van der Waals surface area contributed by atoms with E-state index in [1.165, 1.54) is 6.33 Å². The van der Waals surface area contributed by atoms with Crippen LogP contribution in [-0.2, 0) is 5.54 Å². The van der Waals surface area contributed by atoms with Gasteiger partial charge in [0.2, 0.25) is 0 Å². The number of aromatic nitrogens is 3. The summed E-state index contributed by atoms with van der Waals surface area (Å²) in [6.45, 7) is 0. The summed E-state index contributed by atoms with van der Waals surface area (Å²) >= 11 is 0. The molecule has 1 heterocycles. The Hall–Kier alpha value is -1.39. The third-order valence-electron chi connectivity index (χ3n) is 2.64. The molecule has 2 rings (SSSR count). The lowest BCUT2D eigenvalue weighted by atomic mass is 10.0. The molecule has 13 heavy (non-hydrogen) atoms. The van der Waals surface area contributed by atoms with Crippen LogP contribution in [0.4, 0.5) is 0 Å². The molecular weight excluding hydrogens is 168 g/mol. The van der Waals surface area contributed by atoms with Crippen LogP contribution in [0.3, 0.4) is 0 Å². The molecule has 1 aromatic heterocycles. The van der Waals surface area contributed by atoms with Crippen molar-refractivity contribution >= 4 is 6.21 Å². The zero-order chi connectivity index (χ0) is 9.15. The summed E-state index contributed by atoms with van der Waals surface area (Å²) in [5.41, 5.74) is -0.231. The summed E-state index contributed by atoms with van der Waals surface area (Å²) in [7, 11) is 0. The fourth-order valence-electron chi connectivity index (χ4n) is 1.95. The summed E-state index contributed by atoms with van der Waals surface area (Å²) in [5, 5.41) is 15.8. The molecule has 5 nitrogen and oxygen atoms in total. The van der Waals surface area contributed by atoms with E-state index >= 15 is 0 Å². The van der Waals surface area contributed by atoms with E-state index in [-0.39, 0.29) is 5.54 Å². The molecule has 0 aliphatic heterocycles. The van der Waals surface area contributed by atoms with Crippen LogP contribution >= 0.6 is 0 Å². The van der Waals surface area contributed by atoms with Gasteiger partial charge in [0, 0.05) is 0 Å². The number of nitrogens with zero attached hydrogens (tertiary/aromatic N) is 4. The van der Waals surface area contributed by atoms with Gasteiger partial charge in [-0.05, 0) is 12.8 Å². The second-order valence-electron chi connectivity index (χ2n) is 3.40. The van der Waals surface area contributed by atoms with E-state index in [2.05, 4.69) is 15.2 Å². The minimum Gasteiger partial charge on any atom is -0.411 e. The van der Waals surface area contributed by atoms with Gasteiger partial charge < -0.3 is 5.21 Å². The van der Waals surface area contributed by atoms with Gasteiger partial charge in [-0.3, -0.25) is 0 Å². The molecule has 0 aromatic carbocycles. The molecule has 0 atom stereocenters. The fourth-order valence-corrected chi connectivity index (χ4v) is 1.95. The maximum atomic E-state index is 8.60. The molecule has 1 aromatic rings. The normalized spacial score (nSPS) is 21.2. The summed E-state index contributed by atoms with van der Waals surface area (Å²) in [5.74, 6) is 0. The Bertz CT molecular complexity index is 287. The number of hydrogen-bond acceptors (Lipinski definition) is 4. The standard InChI is InChI=1S/C8H12N4O/c13-11-5-8(3-1-2-4-8)12-7-9-6-10-12/h5-7,13H,1-4H2. The molecule has 1 fully saturated rings. The van der Waals surface area contributed by atoms with Crippen LogP contribution in [0.5, 0.6) is 0 Å². The van der Waals surface area contributed by atoms with Crippen molar-refractivity contribution in [2.75, 3.05) is 0 Å². The average Bonchev–Trinajstić information content (AvgIpc) is 2.73. The summed E-state index contributed by atoms with van der Waals surface area (Å²) < 4.78 is 1.78. The lowest BCUT2D eigenvalue weighted by Crippen LogP contribution is -2.32. The highest BCUT2D eigenvalue weighted by Crippen LogP contribution is 2.34. The Kier molecular flexibility index (Phi) is 2.00. The lowest BCUT2D eigenvalue weighted by molar-refractivity contribution is 0.302. The van der Waals surface area contributed by atoms with Gasteiger partial charge in [0.1, 0.15) is 18.2 Å². The molecule has 0 bridgehead atoms. The highest BCUT2D eigenvalue weighted by Gasteiger charge is 2.35. The number of oxime groups is 1. The van der Waals surface area contributed by atoms with E-state index in [0.29, 0.717) is 0 Å². The van der Waals surface area contributed by atoms with Gasteiger partial charge in [-0.15, -0.1) is 0 Å². The Morgan fingerprint density at radius 2 is 2.23 bits per heavy atom. The minimum absolute atomic E-state index is 0.231. The van der Waals surface area contributed by atoms with Crippen molar-refractivity contribution in [1.29, 1.82) is 0 Å². The van der Waals surface area contributed by atoms with Crippen molar-refractivity contribution in [2.24, 2.45) is 5.16 Å². The third kappa shape index (κ3) is 1.30. The fraction of sp³-hybridized carbons (Fsp3) is 0.625. The predicted octanol–water partition coefficient (Wildman–Crippen LogP) is 1.01. The van der Waals surface area contributed by atoms with Crippen LogP contribution in [-0.4, -0.2) is 26.2 Å². The van der Waals surface area contributed by atoms with Crippen LogP contribution in [0.2, 0.25) is 0 Å². The molecule has 1 aliphatic carbocycles. The van der Waals surface area contributed by atoms with Gasteiger partial charge in [0.15, 0.2) is 0 Å². The second kappa shape index (κ2) is 3.16. The quantitative estimate of drug-likeness (QED) is 0.419. The van der Waals surface area contributed by atoms with E-state index in [9.17, 15) is 0 Å². The van der Waals surface area contributed by atoms with Crippen LogP contribution in [0.25, 0.3) is 0 Å². The van der Waals surface area contributed by atoms with E-state index in [1.54, 1.807) is 17.2 Å². The smallest absolute Gasteiger partial charge is 0.137 e. The Labute approximate surface area is 76.1 Å². The van der Waals surface area contributed by atoms with Crippen LogP contribution in [0, 0.1) is 0 Å². The Morgan fingerprint density at radius 1 is 1.46 bits per heavy atom. The maximum Gasteiger partial charge on any atom is 0.137 e. The molecule has 70 valence electrons. The largest absolute Gasteiger partial charge is 0.411 e. The van der Waals surface area contributed by atoms with Crippen molar-refractivity contribution in [2.45, 2.75) is 31.2 Å². The molecule has 5 heteroatoms. The summed E-state index contributed by atoms with van der Waals surface area (Å²) in [6, 6.07) is 0. The van der Waals surface area contributed by atoms with Gasteiger partial charge >= 0.3 is 0 Å². The molecule has 0 saturated heterocycles. The predicted molar refractivity (Wildman–Crippen MR) is 46.7 cm³/mol. The van der Waals surface area contributed by atoms with Crippen molar-refractivity contribution in [3.05, 3.63) is 12.7 Å². The molecule has 0 amide bonds. The number of hydrogen-bond donors (Lipinski definition) is 1. The van der Waals surface area contributed by atoms with Crippen molar-refractivity contribution in [3.8, 4) is 0 Å². The Balaban J connectivity index is 2.33. The molecular formula is C8H12N4O. The van der Waals surface area contributed by atoms with E-state index < -0.39 is 0 Å². The molecule has 1 N–H and O–H groups in total. The summed E-state index contributed by atoms with van der Waals surface area (Å²) in [4.78, 5) is 3.90. The van der Waals surface area contributed by atoms with Crippen molar-refractivity contribution in [1.82, 2.24) is 14.8 Å². The minimum atomic E-state index is -0.231. The van der Waals surface area contributed by atoms with E-state index in [1.807, 2.05) is 0 Å². The zero-order valence-electron chi connectivity index (χ0n) is 7.30. The first-order chi connectivity index (χ1) is 6.37. The zero-order valence-corrected chi connectivity index (χ0v) is 7.30. The monoisotopic (exact) mass is 180 g/mol. The molecule has 0 unspecified atom stereocenters. The first kappa shape index (κ1) is 8.22. The molecule has 1 saturated carbocycles. The Morgan fingerprint density at radius 3 is 2.77 bits per heavy atom. The van der Waals surface area contributed by atoms with E-state index in [4.69, 9.17) is 5.21 Å². The SMILES string of the molecule is ON=CC1(n2cncn2)CCCC1. The van der Waals surface area contributed by atoms with Gasteiger partial charge in [0.05, 0.1) is 6.21 Å². The second-order valence-corrected chi connectivity index (χ2v) is 3.40. The average molecular weight is 180 g/mol. The van der Waals surface area contributed by atoms with Crippen LogP contribution in [0.15, 0.2) is 17.8 Å². The van der Waals surface area contributed by atoms with Crippen LogP contribution in [0.1, 0.15) is 25.7 Å². The molecule has 0 radical (unpaired) electrons. The number of rotatable bonds is 2. The highest BCUT2D eigenvalue weighted by molar-refractivity contribution is 5.67. The molecule has 1 aliphatic rings. The van der Waals surface area contributed by atoms with Crippen molar-refractivity contribution < 1.29 is 5.21 Å². The lowest BCUT2D eigenvalue weighted by Gasteiger charge is -2.22. The van der Waals surface area contributed by atoms with Gasteiger partial charge in [0.25, 0.3) is 0 Å².